The quantitative estimate of drug-likeness (QED) is 0.761. The van der Waals surface area contributed by atoms with Gasteiger partial charge in [0.05, 0.1) is 11.3 Å². The Bertz CT molecular complexity index is 681. The van der Waals surface area contributed by atoms with E-state index in [0.717, 1.165) is 8.04 Å². The number of hydrogen-bond donors (Lipinski definition) is 1. The first-order valence-electron chi connectivity index (χ1n) is 4.90. The molecule has 0 fully saturated rings. The molecule has 4 nitrogen and oxygen atoms in total. The van der Waals surface area contributed by atoms with E-state index in [1.807, 2.05) is 12.1 Å². The summed E-state index contributed by atoms with van der Waals surface area (Å²) in [5.74, 6) is -1.06. The molecule has 0 spiro atoms. The van der Waals surface area contributed by atoms with Crippen LogP contribution in [-0.2, 0) is 0 Å². The van der Waals surface area contributed by atoms with Crippen molar-refractivity contribution >= 4 is 44.5 Å². The molecule has 1 aromatic carbocycles. The van der Waals surface area contributed by atoms with Gasteiger partial charge in [-0.3, -0.25) is 9.36 Å². The van der Waals surface area contributed by atoms with Gasteiger partial charge in [-0.2, -0.15) is 0 Å². The number of aromatic nitrogens is 1. The fourth-order valence-electron chi connectivity index (χ4n) is 1.47. The zero-order chi connectivity index (χ0) is 13.3. The lowest BCUT2D eigenvalue weighted by atomic mass is 10.2. The molecule has 0 unspecified atom stereocenters. The predicted molar refractivity (Wildman–Crippen MR) is 79.4 cm³/mol. The van der Waals surface area contributed by atoms with Crippen LogP contribution in [-0.4, -0.2) is 15.6 Å². The van der Waals surface area contributed by atoms with E-state index in [1.165, 1.54) is 22.9 Å². The van der Waals surface area contributed by atoms with E-state index < -0.39 is 5.97 Å². The maximum atomic E-state index is 11.8. The average molecular weight is 420 g/mol. The van der Waals surface area contributed by atoms with E-state index in [0.29, 0.717) is 5.69 Å². The number of hydrogen-bond acceptors (Lipinski definition) is 2. The Morgan fingerprint density at radius 2 is 2.00 bits per heavy atom. The molecular weight excluding hydrogens is 413 g/mol. The first-order chi connectivity index (χ1) is 8.49. The lowest BCUT2D eigenvalue weighted by molar-refractivity contribution is 0.0696. The molecule has 1 heterocycles. The molecule has 0 aliphatic carbocycles. The Morgan fingerprint density at radius 1 is 1.28 bits per heavy atom. The van der Waals surface area contributed by atoms with Crippen molar-refractivity contribution in [1.29, 1.82) is 0 Å². The molecule has 0 saturated carbocycles. The molecular formula is C12H7BrINO3. The number of benzene rings is 1. The van der Waals surface area contributed by atoms with Gasteiger partial charge < -0.3 is 5.11 Å². The van der Waals surface area contributed by atoms with Crippen LogP contribution in [0.25, 0.3) is 5.69 Å². The first kappa shape index (κ1) is 13.3. The summed E-state index contributed by atoms with van der Waals surface area (Å²) < 4.78 is 3.02. The van der Waals surface area contributed by atoms with Gasteiger partial charge in [-0.1, -0.05) is 15.9 Å². The van der Waals surface area contributed by atoms with Gasteiger partial charge >= 0.3 is 5.97 Å². The van der Waals surface area contributed by atoms with Crippen LogP contribution >= 0.6 is 38.5 Å². The van der Waals surface area contributed by atoms with Crippen LogP contribution in [0.15, 0.2) is 45.8 Å². The summed E-state index contributed by atoms with van der Waals surface area (Å²) in [5, 5.41) is 8.94. The molecule has 1 aromatic heterocycles. The Hall–Kier alpha value is -1.15. The zero-order valence-corrected chi connectivity index (χ0v) is 12.7. The van der Waals surface area contributed by atoms with Crippen molar-refractivity contribution in [3.63, 3.8) is 0 Å². The number of nitrogens with zero attached hydrogens (tertiary/aromatic N) is 1. The van der Waals surface area contributed by atoms with Crippen LogP contribution in [0.4, 0.5) is 0 Å². The highest BCUT2D eigenvalue weighted by molar-refractivity contribution is 14.1. The second kappa shape index (κ2) is 5.23. The van der Waals surface area contributed by atoms with Crippen molar-refractivity contribution in [2.75, 3.05) is 0 Å². The number of halogens is 2. The number of aromatic carboxylic acids is 1. The number of carboxylic acids is 1. The minimum atomic E-state index is -1.06. The number of carboxylic acid groups (broad SMARTS) is 1. The smallest absolute Gasteiger partial charge is 0.337 e. The summed E-state index contributed by atoms with van der Waals surface area (Å²) in [6, 6.07) is 8.03. The Balaban J connectivity index is 2.70. The standard InChI is InChI=1S/C12H7BrINO3/c13-8-2-3-9(14)10(5-8)15-6-7(12(17)18)1-4-11(15)16/h1-6H,(H,17,18). The highest BCUT2D eigenvalue weighted by atomic mass is 127. The highest BCUT2D eigenvalue weighted by Gasteiger charge is 2.09. The number of pyridine rings is 1. The molecule has 1 N–H and O–H groups in total. The van der Waals surface area contributed by atoms with E-state index in [4.69, 9.17) is 5.11 Å². The van der Waals surface area contributed by atoms with Crippen molar-refractivity contribution in [2.24, 2.45) is 0 Å². The summed E-state index contributed by atoms with van der Waals surface area (Å²) in [6.07, 6.45) is 1.33. The van der Waals surface area contributed by atoms with E-state index in [9.17, 15) is 9.59 Å². The molecule has 0 atom stereocenters. The number of carbonyl (C=O) groups is 1. The van der Waals surface area contributed by atoms with Gasteiger partial charge in [0.1, 0.15) is 0 Å². The summed E-state index contributed by atoms with van der Waals surface area (Å²) in [5.41, 5.74) is 0.458. The van der Waals surface area contributed by atoms with E-state index in [2.05, 4.69) is 38.5 Å². The average Bonchev–Trinajstić information content (AvgIpc) is 2.33. The van der Waals surface area contributed by atoms with Crippen LogP contribution in [0.1, 0.15) is 10.4 Å². The highest BCUT2D eigenvalue weighted by Crippen LogP contribution is 2.21. The molecule has 0 saturated heterocycles. The maximum absolute atomic E-state index is 11.8. The van der Waals surface area contributed by atoms with Crippen molar-refractivity contribution in [3.05, 3.63) is 60.5 Å². The molecule has 0 aliphatic rings. The zero-order valence-electron chi connectivity index (χ0n) is 8.93. The van der Waals surface area contributed by atoms with Crippen molar-refractivity contribution in [1.82, 2.24) is 4.57 Å². The largest absolute Gasteiger partial charge is 0.478 e. The second-order valence-corrected chi connectivity index (χ2v) is 5.60. The number of rotatable bonds is 2. The molecule has 0 bridgehead atoms. The van der Waals surface area contributed by atoms with Crippen molar-refractivity contribution < 1.29 is 9.90 Å². The normalized spacial score (nSPS) is 10.3. The van der Waals surface area contributed by atoms with Gasteiger partial charge in [-0.25, -0.2) is 4.79 Å². The van der Waals surface area contributed by atoms with Crippen LogP contribution < -0.4 is 5.56 Å². The molecule has 18 heavy (non-hydrogen) atoms. The summed E-state index contributed by atoms with van der Waals surface area (Å²) >= 11 is 5.43. The van der Waals surface area contributed by atoms with Gasteiger partial charge in [0.25, 0.3) is 5.56 Å². The van der Waals surface area contributed by atoms with Gasteiger partial charge in [0.2, 0.25) is 0 Å². The Labute approximate surface area is 125 Å². The minimum absolute atomic E-state index is 0.0744. The SMILES string of the molecule is O=C(O)c1ccc(=O)n(-c2cc(Br)ccc2I)c1. The van der Waals surface area contributed by atoms with Crippen molar-refractivity contribution in [2.45, 2.75) is 0 Å². The molecule has 6 heteroatoms. The summed E-state index contributed by atoms with van der Waals surface area (Å²) in [7, 11) is 0. The van der Waals surface area contributed by atoms with Crippen LogP contribution in [0.3, 0.4) is 0 Å². The topological polar surface area (TPSA) is 59.3 Å². The fraction of sp³-hybridized carbons (Fsp3) is 0. The molecule has 92 valence electrons. The summed E-state index contributed by atoms with van der Waals surface area (Å²) in [6.45, 7) is 0. The molecule has 2 aromatic rings. The van der Waals surface area contributed by atoms with Gasteiger partial charge in [0.15, 0.2) is 0 Å². The Kier molecular flexibility index (Phi) is 3.86. The monoisotopic (exact) mass is 419 g/mol. The molecule has 0 aliphatic heterocycles. The lowest BCUT2D eigenvalue weighted by Crippen LogP contribution is -2.19. The third-order valence-corrected chi connectivity index (χ3v) is 3.73. The molecule has 0 amide bonds. The molecule has 0 radical (unpaired) electrons. The van der Waals surface area contributed by atoms with E-state index in [1.54, 1.807) is 6.07 Å². The molecule has 2 rings (SSSR count). The Morgan fingerprint density at radius 3 is 2.67 bits per heavy atom. The van der Waals surface area contributed by atoms with Crippen LogP contribution in [0.5, 0.6) is 0 Å². The summed E-state index contributed by atoms with van der Waals surface area (Å²) in [4.78, 5) is 22.7. The lowest BCUT2D eigenvalue weighted by Gasteiger charge is -2.09. The minimum Gasteiger partial charge on any atom is -0.478 e. The van der Waals surface area contributed by atoms with Crippen LogP contribution in [0.2, 0.25) is 0 Å². The third kappa shape index (κ3) is 2.64. The van der Waals surface area contributed by atoms with Gasteiger partial charge in [-0.15, -0.1) is 0 Å². The third-order valence-electron chi connectivity index (χ3n) is 2.33. The maximum Gasteiger partial charge on any atom is 0.337 e. The van der Waals surface area contributed by atoms with Gasteiger partial charge in [0, 0.05) is 20.3 Å². The fourth-order valence-corrected chi connectivity index (χ4v) is 2.42. The predicted octanol–water partition coefficient (Wildman–Crippen LogP) is 2.90. The van der Waals surface area contributed by atoms with Crippen LogP contribution in [0, 0.1) is 3.57 Å². The first-order valence-corrected chi connectivity index (χ1v) is 6.77. The van der Waals surface area contributed by atoms with Gasteiger partial charge in [-0.05, 0) is 46.9 Å². The van der Waals surface area contributed by atoms with E-state index >= 15 is 0 Å². The second-order valence-electron chi connectivity index (χ2n) is 3.53. The van der Waals surface area contributed by atoms with Crippen molar-refractivity contribution in [3.8, 4) is 5.69 Å². The van der Waals surface area contributed by atoms with E-state index in [-0.39, 0.29) is 11.1 Å².